The van der Waals surface area contributed by atoms with E-state index in [1.54, 1.807) is 16.7 Å². The molecule has 2 heterocycles. The van der Waals surface area contributed by atoms with Crippen LogP contribution in [0.1, 0.15) is 24.6 Å². The van der Waals surface area contributed by atoms with Crippen molar-refractivity contribution in [2.24, 2.45) is 0 Å². The molecule has 29 heavy (non-hydrogen) atoms. The number of hydrogen-bond acceptors (Lipinski definition) is 6. The van der Waals surface area contributed by atoms with Crippen molar-refractivity contribution in [1.29, 1.82) is 0 Å². The number of piperidine rings is 1. The second kappa shape index (κ2) is 7.58. The van der Waals surface area contributed by atoms with Gasteiger partial charge in [0.15, 0.2) is 0 Å². The van der Waals surface area contributed by atoms with E-state index in [0.29, 0.717) is 26.9 Å². The third-order valence-corrected chi connectivity index (χ3v) is 5.76. The van der Waals surface area contributed by atoms with Crippen molar-refractivity contribution >= 4 is 45.6 Å². The van der Waals surface area contributed by atoms with Crippen LogP contribution in [0.25, 0.3) is 16.7 Å². The van der Waals surface area contributed by atoms with E-state index in [1.165, 1.54) is 12.1 Å². The largest absolute Gasteiger partial charge is 0.317 e. The van der Waals surface area contributed by atoms with Crippen LogP contribution in [0.2, 0.25) is 10.0 Å². The molecule has 0 aliphatic carbocycles. The highest BCUT2D eigenvalue weighted by Crippen LogP contribution is 2.38. The Morgan fingerprint density at radius 1 is 1.03 bits per heavy atom. The lowest BCUT2D eigenvalue weighted by molar-refractivity contribution is -0.394. The van der Waals surface area contributed by atoms with Crippen LogP contribution in [0.4, 0.5) is 11.4 Å². The Balaban J connectivity index is 2.02. The zero-order valence-corrected chi connectivity index (χ0v) is 16.5. The predicted octanol–water partition coefficient (Wildman–Crippen LogP) is 4.62. The van der Waals surface area contributed by atoms with E-state index in [0.717, 1.165) is 32.0 Å². The molecule has 0 amide bonds. The molecule has 0 unspecified atom stereocenters. The molecule has 1 N–H and O–H groups in total. The number of halogens is 2. The molecule has 0 saturated carbocycles. The summed E-state index contributed by atoms with van der Waals surface area (Å²) in [5.41, 5.74) is 0.592. The summed E-state index contributed by atoms with van der Waals surface area (Å²) < 4.78 is 1.68. The van der Waals surface area contributed by atoms with Gasteiger partial charge in [-0.05, 0) is 44.1 Å². The van der Waals surface area contributed by atoms with Crippen molar-refractivity contribution in [2.45, 2.75) is 18.8 Å². The number of non-ortho nitro benzene ring substituents is 1. The normalized spacial score (nSPS) is 15.0. The lowest BCUT2D eigenvalue weighted by Crippen LogP contribution is -2.28. The third kappa shape index (κ3) is 3.52. The van der Waals surface area contributed by atoms with Gasteiger partial charge in [-0.1, -0.05) is 23.2 Å². The van der Waals surface area contributed by atoms with Gasteiger partial charge < -0.3 is 5.32 Å². The molecule has 1 aliphatic heterocycles. The highest BCUT2D eigenvalue weighted by molar-refractivity contribution is 6.42. The van der Waals surface area contributed by atoms with Gasteiger partial charge in [0.1, 0.15) is 11.5 Å². The average Bonchev–Trinajstić information content (AvgIpc) is 3.06. The van der Waals surface area contributed by atoms with E-state index in [4.69, 9.17) is 28.2 Å². The fraction of sp³-hybridized carbons (Fsp3) is 0.278. The van der Waals surface area contributed by atoms with Gasteiger partial charge in [0.25, 0.3) is 11.4 Å². The quantitative estimate of drug-likeness (QED) is 0.472. The molecular weight excluding hydrogens is 421 g/mol. The van der Waals surface area contributed by atoms with E-state index in [-0.39, 0.29) is 23.0 Å². The lowest BCUT2D eigenvalue weighted by atomic mass is 9.97. The Kier molecular flexibility index (Phi) is 5.12. The minimum absolute atomic E-state index is 0.0657. The fourth-order valence-electron chi connectivity index (χ4n) is 3.66. The van der Waals surface area contributed by atoms with Crippen LogP contribution >= 0.6 is 23.2 Å². The molecule has 11 heteroatoms. The number of nitrogens with zero attached hydrogens (tertiary/aromatic N) is 4. The van der Waals surface area contributed by atoms with Crippen molar-refractivity contribution in [1.82, 2.24) is 14.9 Å². The van der Waals surface area contributed by atoms with Gasteiger partial charge in [-0.3, -0.25) is 24.8 Å². The first-order valence-electron chi connectivity index (χ1n) is 8.88. The van der Waals surface area contributed by atoms with Crippen LogP contribution in [-0.4, -0.2) is 32.5 Å². The Morgan fingerprint density at radius 2 is 1.72 bits per heavy atom. The maximum absolute atomic E-state index is 11.7. The first-order valence-corrected chi connectivity index (χ1v) is 9.63. The fourth-order valence-corrected chi connectivity index (χ4v) is 3.97. The summed E-state index contributed by atoms with van der Waals surface area (Å²) in [6.45, 7) is 1.61. The Bertz CT molecular complexity index is 1140. The molecule has 0 atom stereocenters. The Hall–Kier alpha value is -2.75. The van der Waals surface area contributed by atoms with Gasteiger partial charge in [0.2, 0.25) is 0 Å². The molecule has 9 nitrogen and oxygen atoms in total. The summed E-state index contributed by atoms with van der Waals surface area (Å²) in [6, 6.07) is 6.83. The summed E-state index contributed by atoms with van der Waals surface area (Å²) >= 11 is 12.3. The summed E-state index contributed by atoms with van der Waals surface area (Å²) in [7, 11) is 0. The van der Waals surface area contributed by atoms with Gasteiger partial charge >= 0.3 is 0 Å². The maximum Gasteiger partial charge on any atom is 0.300 e. The zero-order valence-electron chi connectivity index (χ0n) is 15.0. The summed E-state index contributed by atoms with van der Waals surface area (Å²) in [4.78, 5) is 26.3. The second-order valence-electron chi connectivity index (χ2n) is 6.77. The molecule has 1 aliphatic rings. The first-order chi connectivity index (χ1) is 13.9. The Labute approximate surface area is 174 Å². The smallest absolute Gasteiger partial charge is 0.300 e. The molecule has 2 aromatic carbocycles. The van der Waals surface area contributed by atoms with Crippen molar-refractivity contribution < 1.29 is 9.85 Å². The molecule has 1 saturated heterocycles. The lowest BCUT2D eigenvalue weighted by Gasteiger charge is -2.23. The van der Waals surface area contributed by atoms with E-state index >= 15 is 0 Å². The molecule has 0 bridgehead atoms. The van der Waals surface area contributed by atoms with Crippen molar-refractivity contribution in [2.75, 3.05) is 13.1 Å². The summed E-state index contributed by atoms with van der Waals surface area (Å²) in [5, 5.41) is 26.7. The molecule has 3 aromatic rings. The Morgan fingerprint density at radius 3 is 2.38 bits per heavy atom. The van der Waals surface area contributed by atoms with Crippen molar-refractivity contribution in [3.63, 3.8) is 0 Å². The van der Waals surface area contributed by atoms with Gasteiger partial charge in [-0.25, -0.2) is 4.98 Å². The number of nitro groups is 2. The number of rotatable bonds is 4. The second-order valence-corrected chi connectivity index (χ2v) is 7.59. The van der Waals surface area contributed by atoms with Crippen LogP contribution in [0.3, 0.4) is 0 Å². The molecule has 0 radical (unpaired) electrons. The van der Waals surface area contributed by atoms with Crippen LogP contribution in [0.15, 0.2) is 30.3 Å². The molecule has 150 valence electrons. The first kappa shape index (κ1) is 19.6. The topological polar surface area (TPSA) is 116 Å². The van der Waals surface area contributed by atoms with Gasteiger partial charge in [-0.2, -0.15) is 0 Å². The monoisotopic (exact) mass is 435 g/mol. The average molecular weight is 436 g/mol. The molecule has 4 rings (SSSR count). The van der Waals surface area contributed by atoms with Crippen molar-refractivity contribution in [3.05, 3.63) is 66.4 Å². The van der Waals surface area contributed by atoms with E-state index < -0.39 is 9.85 Å². The predicted molar refractivity (Wildman–Crippen MR) is 109 cm³/mol. The maximum atomic E-state index is 11.7. The number of benzene rings is 2. The number of nitrogens with one attached hydrogen (secondary N) is 1. The van der Waals surface area contributed by atoms with E-state index in [2.05, 4.69) is 5.32 Å². The molecule has 0 spiro atoms. The SMILES string of the molecule is O=[N+]([O-])c1ccc(-n2c(C3CCNCC3)nc3cc(Cl)c(Cl)cc32)c([N+](=O)[O-])c1. The highest BCUT2D eigenvalue weighted by Gasteiger charge is 2.28. The summed E-state index contributed by atoms with van der Waals surface area (Å²) in [6.07, 6.45) is 1.62. The number of nitro benzene ring substituents is 2. The van der Waals surface area contributed by atoms with Gasteiger partial charge in [0.05, 0.1) is 37.0 Å². The standard InChI is InChI=1S/C18H15Cl2N5O4/c19-12-8-14-16(9-13(12)20)23(18(22-14)10-3-5-21-6-4-10)15-2-1-11(24(26)27)7-17(15)25(28)29/h1-2,7-10,21H,3-6H2. The van der Waals surface area contributed by atoms with Crippen molar-refractivity contribution in [3.8, 4) is 5.69 Å². The molecule has 1 aromatic heterocycles. The van der Waals surface area contributed by atoms with Crippen LogP contribution in [0, 0.1) is 20.2 Å². The minimum atomic E-state index is -0.660. The third-order valence-electron chi connectivity index (χ3n) is 5.03. The number of imidazole rings is 1. The molecular formula is C18H15Cl2N5O4. The van der Waals surface area contributed by atoms with E-state index in [9.17, 15) is 20.2 Å². The number of fused-ring (bicyclic) bond motifs is 1. The van der Waals surface area contributed by atoms with Gasteiger partial charge in [-0.15, -0.1) is 0 Å². The number of hydrogen-bond donors (Lipinski definition) is 1. The van der Waals surface area contributed by atoms with Crippen LogP contribution in [0.5, 0.6) is 0 Å². The van der Waals surface area contributed by atoms with Crippen LogP contribution < -0.4 is 5.32 Å². The minimum Gasteiger partial charge on any atom is -0.317 e. The number of aromatic nitrogens is 2. The summed E-state index contributed by atoms with van der Waals surface area (Å²) in [5.74, 6) is 0.716. The van der Waals surface area contributed by atoms with Gasteiger partial charge in [0, 0.05) is 12.0 Å². The van der Waals surface area contributed by atoms with Crippen LogP contribution in [-0.2, 0) is 0 Å². The zero-order chi connectivity index (χ0) is 20.7. The van der Waals surface area contributed by atoms with E-state index in [1.807, 2.05) is 0 Å². The highest BCUT2D eigenvalue weighted by atomic mass is 35.5. The molecule has 1 fully saturated rings.